The van der Waals surface area contributed by atoms with Gasteiger partial charge in [-0.3, -0.25) is 0 Å². The van der Waals surface area contributed by atoms with E-state index in [1.807, 2.05) is 36.7 Å². The summed E-state index contributed by atoms with van der Waals surface area (Å²) in [5.74, 6) is 0.983. The second-order valence-corrected chi connectivity index (χ2v) is 5.66. The Morgan fingerprint density at radius 3 is 2.70 bits per heavy atom. The fourth-order valence-electron chi connectivity index (χ4n) is 2.86. The molecule has 2 nitrogen and oxygen atoms in total. The van der Waals surface area contributed by atoms with Crippen LogP contribution < -0.4 is 0 Å². The zero-order valence-electron chi connectivity index (χ0n) is 10.4. The molecule has 2 aromatic carbocycles. The molecule has 2 heterocycles. The van der Waals surface area contributed by atoms with Crippen LogP contribution in [0.5, 0.6) is 0 Å². The second-order valence-electron chi connectivity index (χ2n) is 4.81. The second kappa shape index (κ2) is 4.37. The summed E-state index contributed by atoms with van der Waals surface area (Å²) in [5.41, 5.74) is 3.42. The van der Waals surface area contributed by atoms with Gasteiger partial charge in [-0.15, -0.1) is 0 Å². The van der Waals surface area contributed by atoms with Crippen molar-refractivity contribution in [3.8, 4) is 11.4 Å². The van der Waals surface area contributed by atoms with Gasteiger partial charge in [0.15, 0.2) is 0 Å². The third kappa shape index (κ3) is 1.62. The van der Waals surface area contributed by atoms with Gasteiger partial charge in [0.1, 0.15) is 5.82 Å². The first kappa shape index (κ1) is 12.0. The summed E-state index contributed by atoms with van der Waals surface area (Å²) in [6.07, 6.45) is 3.81. The third-order valence-corrected chi connectivity index (χ3v) is 4.26. The average molecular weight is 301 g/mol. The van der Waals surface area contributed by atoms with E-state index in [0.717, 1.165) is 17.0 Å². The number of rotatable bonds is 1. The molecule has 0 fully saturated rings. The van der Waals surface area contributed by atoms with Crippen molar-refractivity contribution in [2.75, 3.05) is 0 Å². The maximum absolute atomic E-state index is 6.39. The zero-order valence-corrected chi connectivity index (χ0v) is 11.9. The lowest BCUT2D eigenvalue weighted by atomic mass is 9.97. The summed E-state index contributed by atoms with van der Waals surface area (Å²) in [6, 6.07) is 14.0. The largest absolute Gasteiger partial charge is 0.319 e. The molecule has 3 aromatic rings. The molecule has 1 unspecified atom stereocenters. The molecular formula is C16H10Cl2N2. The van der Waals surface area contributed by atoms with Gasteiger partial charge in [-0.2, -0.15) is 0 Å². The lowest BCUT2D eigenvalue weighted by molar-refractivity contribution is 0.716. The number of hydrogen-bond donors (Lipinski definition) is 0. The van der Waals surface area contributed by atoms with Gasteiger partial charge in [-0.25, -0.2) is 4.98 Å². The van der Waals surface area contributed by atoms with Crippen molar-refractivity contribution < 1.29 is 0 Å². The summed E-state index contributed by atoms with van der Waals surface area (Å²) >= 11 is 12.4. The minimum Gasteiger partial charge on any atom is -0.319 e. The Labute approximate surface area is 126 Å². The summed E-state index contributed by atoms with van der Waals surface area (Å²) < 4.78 is 2.15. The Balaban J connectivity index is 1.99. The van der Waals surface area contributed by atoms with E-state index in [2.05, 4.69) is 21.7 Å². The lowest BCUT2D eigenvalue weighted by Gasteiger charge is -2.17. The van der Waals surface area contributed by atoms with Gasteiger partial charge in [0, 0.05) is 28.0 Å². The lowest BCUT2D eigenvalue weighted by Crippen LogP contribution is -2.07. The number of aromatic nitrogens is 2. The van der Waals surface area contributed by atoms with Crippen molar-refractivity contribution in [3.05, 3.63) is 76.0 Å². The number of benzene rings is 2. The van der Waals surface area contributed by atoms with Gasteiger partial charge in [0.2, 0.25) is 0 Å². The monoisotopic (exact) mass is 300 g/mol. The van der Waals surface area contributed by atoms with Gasteiger partial charge >= 0.3 is 0 Å². The quantitative estimate of drug-likeness (QED) is 0.493. The fraction of sp³-hybridized carbons (Fsp3) is 0.0625. The number of hydrogen-bond acceptors (Lipinski definition) is 1. The molecule has 4 rings (SSSR count). The first-order valence-corrected chi connectivity index (χ1v) is 7.08. The highest BCUT2D eigenvalue weighted by Crippen LogP contribution is 2.43. The van der Waals surface area contributed by atoms with Crippen LogP contribution in [-0.2, 0) is 0 Å². The molecule has 0 bridgehead atoms. The Morgan fingerprint density at radius 1 is 1.00 bits per heavy atom. The van der Waals surface area contributed by atoms with Crippen LogP contribution >= 0.6 is 23.2 Å². The van der Waals surface area contributed by atoms with Crippen LogP contribution in [0.2, 0.25) is 10.0 Å². The van der Waals surface area contributed by atoms with E-state index in [0.29, 0.717) is 10.0 Å². The predicted octanol–water partition coefficient (Wildman–Crippen LogP) is 4.81. The van der Waals surface area contributed by atoms with Crippen molar-refractivity contribution in [2.45, 2.75) is 6.04 Å². The van der Waals surface area contributed by atoms with Crippen molar-refractivity contribution in [3.63, 3.8) is 0 Å². The first-order valence-electron chi connectivity index (χ1n) is 6.33. The molecule has 0 radical (unpaired) electrons. The van der Waals surface area contributed by atoms with E-state index in [1.54, 1.807) is 6.07 Å². The molecule has 0 N–H and O–H groups in total. The molecule has 0 aliphatic carbocycles. The van der Waals surface area contributed by atoms with Gasteiger partial charge < -0.3 is 4.57 Å². The number of nitrogens with zero attached hydrogens (tertiary/aromatic N) is 2. The van der Waals surface area contributed by atoms with E-state index in [1.165, 1.54) is 5.56 Å². The average Bonchev–Trinajstić information content (AvgIpc) is 3.00. The summed E-state index contributed by atoms with van der Waals surface area (Å²) in [5, 5.41) is 1.33. The summed E-state index contributed by atoms with van der Waals surface area (Å²) in [6.45, 7) is 0. The molecule has 1 aliphatic rings. The number of fused-ring (bicyclic) bond motifs is 3. The topological polar surface area (TPSA) is 17.8 Å². The van der Waals surface area contributed by atoms with E-state index in [-0.39, 0.29) is 6.04 Å². The summed E-state index contributed by atoms with van der Waals surface area (Å²) in [4.78, 5) is 4.45. The molecule has 20 heavy (non-hydrogen) atoms. The highest BCUT2D eigenvalue weighted by molar-refractivity contribution is 6.35. The third-order valence-electron chi connectivity index (χ3n) is 3.70. The Hall–Kier alpha value is -1.77. The molecule has 0 spiro atoms. The van der Waals surface area contributed by atoms with Crippen molar-refractivity contribution in [1.29, 1.82) is 0 Å². The fourth-order valence-corrected chi connectivity index (χ4v) is 3.37. The Kier molecular flexibility index (Phi) is 2.62. The van der Waals surface area contributed by atoms with E-state index < -0.39 is 0 Å². The first-order chi connectivity index (χ1) is 9.75. The molecule has 1 aromatic heterocycles. The molecule has 98 valence electrons. The van der Waals surface area contributed by atoms with Gasteiger partial charge in [-0.05, 0) is 23.3 Å². The molecule has 0 saturated carbocycles. The zero-order chi connectivity index (χ0) is 13.7. The van der Waals surface area contributed by atoms with Gasteiger partial charge in [0.25, 0.3) is 0 Å². The van der Waals surface area contributed by atoms with Crippen LogP contribution in [0, 0.1) is 0 Å². The molecular weight excluding hydrogens is 291 g/mol. The number of imidazole rings is 1. The highest BCUT2D eigenvalue weighted by atomic mass is 35.5. The van der Waals surface area contributed by atoms with Crippen molar-refractivity contribution in [1.82, 2.24) is 9.55 Å². The van der Waals surface area contributed by atoms with Gasteiger partial charge in [-0.1, -0.05) is 53.5 Å². The summed E-state index contributed by atoms with van der Waals surface area (Å²) in [7, 11) is 0. The van der Waals surface area contributed by atoms with Crippen LogP contribution in [0.15, 0.2) is 54.9 Å². The minimum absolute atomic E-state index is 0.0634. The molecule has 1 atom stereocenters. The van der Waals surface area contributed by atoms with Crippen LogP contribution in [-0.4, -0.2) is 9.55 Å². The molecule has 0 saturated heterocycles. The Morgan fingerprint density at radius 2 is 1.85 bits per heavy atom. The minimum atomic E-state index is 0.0634. The van der Waals surface area contributed by atoms with Gasteiger partial charge in [0.05, 0.1) is 6.04 Å². The maximum atomic E-state index is 6.39. The van der Waals surface area contributed by atoms with E-state index >= 15 is 0 Å². The Bertz CT molecular complexity index is 808. The molecule has 4 heteroatoms. The molecule has 1 aliphatic heterocycles. The van der Waals surface area contributed by atoms with Crippen molar-refractivity contribution >= 4 is 23.2 Å². The SMILES string of the molecule is Clc1ccc(C2c3ccccc3-c3nccn32)c(Cl)c1. The van der Waals surface area contributed by atoms with Crippen LogP contribution in [0.3, 0.4) is 0 Å². The van der Waals surface area contributed by atoms with E-state index in [9.17, 15) is 0 Å². The van der Waals surface area contributed by atoms with Crippen LogP contribution in [0.1, 0.15) is 17.2 Å². The predicted molar refractivity (Wildman–Crippen MR) is 81.4 cm³/mol. The highest BCUT2D eigenvalue weighted by Gasteiger charge is 2.30. The number of halogens is 2. The van der Waals surface area contributed by atoms with Crippen LogP contribution in [0.25, 0.3) is 11.4 Å². The van der Waals surface area contributed by atoms with Crippen molar-refractivity contribution in [2.24, 2.45) is 0 Å². The maximum Gasteiger partial charge on any atom is 0.141 e. The standard InChI is InChI=1S/C16H10Cl2N2/c17-10-5-6-13(14(18)9-10)15-11-3-1-2-4-12(11)16-19-7-8-20(15)16/h1-9,15H. The van der Waals surface area contributed by atoms with E-state index in [4.69, 9.17) is 23.2 Å². The molecule has 0 amide bonds. The normalized spacial score (nSPS) is 16.0. The smallest absolute Gasteiger partial charge is 0.141 e. The van der Waals surface area contributed by atoms with Crippen LogP contribution in [0.4, 0.5) is 0 Å².